The molecule has 1 aromatic rings. The van der Waals surface area contributed by atoms with Crippen molar-refractivity contribution in [2.75, 3.05) is 33.4 Å². The summed E-state index contributed by atoms with van der Waals surface area (Å²) in [6.07, 6.45) is 0.919. The molecular formula is C13H20ClNO2. The Morgan fingerprint density at radius 2 is 2.12 bits per heavy atom. The van der Waals surface area contributed by atoms with Gasteiger partial charge in [-0.05, 0) is 38.1 Å². The summed E-state index contributed by atoms with van der Waals surface area (Å²) in [4.78, 5) is 2.09. The third-order valence-corrected chi connectivity index (χ3v) is 2.86. The summed E-state index contributed by atoms with van der Waals surface area (Å²) in [5.74, 6) is 0.738. The Morgan fingerprint density at radius 1 is 1.35 bits per heavy atom. The number of ether oxygens (including phenoxy) is 1. The van der Waals surface area contributed by atoms with E-state index >= 15 is 0 Å². The van der Waals surface area contributed by atoms with E-state index in [0.717, 1.165) is 18.7 Å². The van der Waals surface area contributed by atoms with Gasteiger partial charge >= 0.3 is 0 Å². The molecule has 0 aliphatic heterocycles. The maximum absolute atomic E-state index is 8.79. The summed E-state index contributed by atoms with van der Waals surface area (Å²) >= 11 is 6.11. The van der Waals surface area contributed by atoms with Crippen LogP contribution >= 0.6 is 11.6 Å². The Hall–Kier alpha value is -0.770. The predicted molar refractivity (Wildman–Crippen MR) is 70.9 cm³/mol. The molecule has 0 aromatic heterocycles. The Bertz CT molecular complexity index is 344. The molecule has 0 aliphatic carbocycles. The van der Waals surface area contributed by atoms with E-state index in [-0.39, 0.29) is 6.61 Å². The average Bonchev–Trinajstić information content (AvgIpc) is 2.30. The van der Waals surface area contributed by atoms with Gasteiger partial charge in [-0.25, -0.2) is 0 Å². The summed E-state index contributed by atoms with van der Waals surface area (Å²) < 4.78 is 5.38. The van der Waals surface area contributed by atoms with Crippen molar-refractivity contribution >= 4 is 11.6 Å². The van der Waals surface area contributed by atoms with Gasteiger partial charge in [0.15, 0.2) is 0 Å². The molecule has 0 amide bonds. The van der Waals surface area contributed by atoms with Crippen LogP contribution in [-0.4, -0.2) is 43.4 Å². The Morgan fingerprint density at radius 3 is 2.71 bits per heavy atom. The van der Waals surface area contributed by atoms with E-state index in [1.165, 1.54) is 5.56 Å². The van der Waals surface area contributed by atoms with Crippen LogP contribution in [0.4, 0.5) is 0 Å². The number of aliphatic hydroxyl groups excluding tert-OH is 1. The second-order valence-corrected chi connectivity index (χ2v) is 4.38. The first-order chi connectivity index (χ1) is 8.17. The lowest BCUT2D eigenvalue weighted by atomic mass is 10.1. The molecule has 0 heterocycles. The summed E-state index contributed by atoms with van der Waals surface area (Å²) in [6.45, 7) is 4.36. The van der Waals surface area contributed by atoms with Crippen LogP contribution in [0.2, 0.25) is 5.02 Å². The minimum atomic E-state index is 0.195. The predicted octanol–water partition coefficient (Wildman–Crippen LogP) is 2.21. The van der Waals surface area contributed by atoms with Gasteiger partial charge in [0.1, 0.15) is 5.75 Å². The molecular weight excluding hydrogens is 238 g/mol. The first kappa shape index (κ1) is 14.3. The van der Waals surface area contributed by atoms with Crippen molar-refractivity contribution < 1.29 is 9.84 Å². The molecule has 1 aromatic carbocycles. The van der Waals surface area contributed by atoms with Crippen LogP contribution in [0.25, 0.3) is 0 Å². The van der Waals surface area contributed by atoms with Crippen molar-refractivity contribution in [2.24, 2.45) is 0 Å². The minimum Gasteiger partial charge on any atom is -0.492 e. The minimum absolute atomic E-state index is 0.195. The van der Waals surface area contributed by atoms with Gasteiger partial charge in [-0.1, -0.05) is 17.7 Å². The highest BCUT2D eigenvalue weighted by Crippen LogP contribution is 2.25. The van der Waals surface area contributed by atoms with Gasteiger partial charge in [-0.2, -0.15) is 0 Å². The molecule has 0 spiro atoms. The Labute approximate surface area is 108 Å². The van der Waals surface area contributed by atoms with Gasteiger partial charge in [-0.15, -0.1) is 0 Å². The molecule has 3 nitrogen and oxygen atoms in total. The fourth-order valence-corrected chi connectivity index (χ4v) is 1.83. The van der Waals surface area contributed by atoms with E-state index in [2.05, 4.69) is 4.90 Å². The zero-order valence-corrected chi connectivity index (χ0v) is 11.2. The number of hydrogen-bond donors (Lipinski definition) is 1. The molecule has 0 radical (unpaired) electrons. The molecule has 0 saturated carbocycles. The summed E-state index contributed by atoms with van der Waals surface area (Å²) in [5.41, 5.74) is 1.18. The first-order valence-electron chi connectivity index (χ1n) is 5.88. The number of halogens is 1. The van der Waals surface area contributed by atoms with E-state index in [1.54, 1.807) is 0 Å². The molecule has 17 heavy (non-hydrogen) atoms. The topological polar surface area (TPSA) is 32.7 Å². The second-order valence-electron chi connectivity index (χ2n) is 3.97. The molecule has 0 saturated heterocycles. The van der Waals surface area contributed by atoms with Crippen molar-refractivity contribution in [3.8, 4) is 5.75 Å². The largest absolute Gasteiger partial charge is 0.492 e. The van der Waals surface area contributed by atoms with Crippen molar-refractivity contribution in [3.63, 3.8) is 0 Å². The fraction of sp³-hybridized carbons (Fsp3) is 0.538. The van der Waals surface area contributed by atoms with Crippen LogP contribution in [-0.2, 0) is 6.42 Å². The number of nitrogens with zero attached hydrogens (tertiary/aromatic N) is 1. The summed E-state index contributed by atoms with van der Waals surface area (Å²) in [5, 5.41) is 9.46. The van der Waals surface area contributed by atoms with E-state index < -0.39 is 0 Å². The monoisotopic (exact) mass is 257 g/mol. The molecule has 1 rings (SSSR count). The lowest BCUT2D eigenvalue weighted by Gasteiger charge is -2.15. The smallest absolute Gasteiger partial charge is 0.137 e. The van der Waals surface area contributed by atoms with Crippen LogP contribution in [0.1, 0.15) is 12.5 Å². The summed E-state index contributed by atoms with van der Waals surface area (Å²) in [6, 6.07) is 5.89. The number of hydrogen-bond acceptors (Lipinski definition) is 3. The SMILES string of the molecule is CCOc1ccc(CCN(C)CCO)cc1Cl. The zero-order valence-electron chi connectivity index (χ0n) is 10.4. The maximum Gasteiger partial charge on any atom is 0.137 e. The molecule has 1 N–H and O–H groups in total. The summed E-state index contributed by atoms with van der Waals surface area (Å²) in [7, 11) is 1.99. The molecule has 96 valence electrons. The molecule has 0 aliphatic rings. The van der Waals surface area contributed by atoms with E-state index in [9.17, 15) is 0 Å². The molecule has 0 unspecified atom stereocenters. The quantitative estimate of drug-likeness (QED) is 0.813. The van der Waals surface area contributed by atoms with Gasteiger partial charge in [0.05, 0.1) is 18.2 Å². The first-order valence-corrected chi connectivity index (χ1v) is 6.25. The Kier molecular flexibility index (Phi) is 6.34. The highest BCUT2D eigenvalue weighted by molar-refractivity contribution is 6.32. The Balaban J connectivity index is 2.52. The van der Waals surface area contributed by atoms with Gasteiger partial charge < -0.3 is 14.7 Å². The van der Waals surface area contributed by atoms with E-state index in [1.807, 2.05) is 32.2 Å². The lowest BCUT2D eigenvalue weighted by molar-refractivity contribution is 0.223. The standard InChI is InChI=1S/C13H20ClNO2/c1-3-17-13-5-4-11(10-12(13)14)6-7-15(2)8-9-16/h4-5,10,16H,3,6-9H2,1-2H3. The normalized spacial score (nSPS) is 10.9. The van der Waals surface area contributed by atoms with Gasteiger partial charge in [-0.3, -0.25) is 0 Å². The zero-order chi connectivity index (χ0) is 12.7. The van der Waals surface area contributed by atoms with Crippen molar-refractivity contribution in [2.45, 2.75) is 13.3 Å². The van der Waals surface area contributed by atoms with Gasteiger partial charge in [0.2, 0.25) is 0 Å². The number of aliphatic hydroxyl groups is 1. The number of rotatable bonds is 7. The maximum atomic E-state index is 8.79. The molecule has 0 bridgehead atoms. The number of benzene rings is 1. The third kappa shape index (κ3) is 4.94. The molecule has 0 fully saturated rings. The van der Waals surface area contributed by atoms with E-state index in [0.29, 0.717) is 18.2 Å². The van der Waals surface area contributed by atoms with Gasteiger partial charge in [0.25, 0.3) is 0 Å². The second kappa shape index (κ2) is 7.54. The number of likely N-dealkylation sites (N-methyl/N-ethyl adjacent to an activating group) is 1. The molecule has 4 heteroatoms. The van der Waals surface area contributed by atoms with Crippen LogP contribution < -0.4 is 4.74 Å². The van der Waals surface area contributed by atoms with Crippen LogP contribution in [0.15, 0.2) is 18.2 Å². The highest BCUT2D eigenvalue weighted by Gasteiger charge is 2.04. The van der Waals surface area contributed by atoms with Crippen LogP contribution in [0.5, 0.6) is 5.75 Å². The fourth-order valence-electron chi connectivity index (χ4n) is 1.57. The van der Waals surface area contributed by atoms with Gasteiger partial charge in [0, 0.05) is 13.1 Å². The van der Waals surface area contributed by atoms with Crippen LogP contribution in [0.3, 0.4) is 0 Å². The van der Waals surface area contributed by atoms with Crippen molar-refractivity contribution in [1.82, 2.24) is 4.90 Å². The highest BCUT2D eigenvalue weighted by atomic mass is 35.5. The van der Waals surface area contributed by atoms with Crippen molar-refractivity contribution in [3.05, 3.63) is 28.8 Å². The van der Waals surface area contributed by atoms with Crippen LogP contribution in [0, 0.1) is 0 Å². The molecule has 0 atom stereocenters. The average molecular weight is 258 g/mol. The van der Waals surface area contributed by atoms with E-state index in [4.69, 9.17) is 21.4 Å². The lowest BCUT2D eigenvalue weighted by Crippen LogP contribution is -2.24. The van der Waals surface area contributed by atoms with Crippen molar-refractivity contribution in [1.29, 1.82) is 0 Å². The third-order valence-electron chi connectivity index (χ3n) is 2.56.